The molecule has 0 spiro atoms. The molecule has 0 aliphatic heterocycles. The van der Waals surface area contributed by atoms with Crippen molar-refractivity contribution in [3.63, 3.8) is 0 Å². The number of aromatic nitrogens is 1. The molecule has 0 bridgehead atoms. The minimum absolute atomic E-state index is 0.194. The van der Waals surface area contributed by atoms with Crippen molar-refractivity contribution in [2.75, 3.05) is 14.1 Å². The SMILES string of the molecule is CN(C)NC(=O)c1ccccn1. The summed E-state index contributed by atoms with van der Waals surface area (Å²) >= 11 is 0. The number of nitrogens with one attached hydrogen (secondary N) is 1. The van der Waals surface area contributed by atoms with Gasteiger partial charge in [-0.3, -0.25) is 15.2 Å². The number of nitrogens with zero attached hydrogens (tertiary/aromatic N) is 2. The Morgan fingerprint density at radius 1 is 1.50 bits per heavy atom. The van der Waals surface area contributed by atoms with Crippen LogP contribution < -0.4 is 5.43 Å². The summed E-state index contributed by atoms with van der Waals surface area (Å²) in [6.07, 6.45) is 1.59. The van der Waals surface area contributed by atoms with Crippen LogP contribution in [-0.2, 0) is 0 Å². The Kier molecular flexibility index (Phi) is 2.76. The fraction of sp³-hybridized carbons (Fsp3) is 0.250. The van der Waals surface area contributed by atoms with Crippen LogP contribution in [0, 0.1) is 0 Å². The van der Waals surface area contributed by atoms with Crippen LogP contribution in [0.25, 0.3) is 0 Å². The number of amides is 1. The maximum absolute atomic E-state index is 11.2. The van der Waals surface area contributed by atoms with Gasteiger partial charge in [-0.05, 0) is 12.1 Å². The molecule has 4 nitrogen and oxygen atoms in total. The van der Waals surface area contributed by atoms with Gasteiger partial charge in [-0.15, -0.1) is 0 Å². The van der Waals surface area contributed by atoms with Crippen molar-refractivity contribution in [3.8, 4) is 0 Å². The molecule has 0 aliphatic rings. The largest absolute Gasteiger partial charge is 0.284 e. The summed E-state index contributed by atoms with van der Waals surface area (Å²) in [6, 6.07) is 5.21. The van der Waals surface area contributed by atoms with Crippen LogP contribution in [0.4, 0.5) is 0 Å². The lowest BCUT2D eigenvalue weighted by Crippen LogP contribution is -2.36. The van der Waals surface area contributed by atoms with Crippen molar-refractivity contribution in [1.29, 1.82) is 0 Å². The average molecular weight is 165 g/mol. The van der Waals surface area contributed by atoms with Crippen LogP contribution in [-0.4, -0.2) is 30.0 Å². The highest BCUT2D eigenvalue weighted by Gasteiger charge is 2.04. The standard InChI is InChI=1S/C8H11N3O/c1-11(2)10-8(12)7-5-3-4-6-9-7/h3-6H,1-2H3,(H,10,12). The smallest absolute Gasteiger partial charge is 0.284 e. The van der Waals surface area contributed by atoms with Crippen molar-refractivity contribution in [1.82, 2.24) is 15.4 Å². The van der Waals surface area contributed by atoms with Crippen LogP contribution in [0.3, 0.4) is 0 Å². The van der Waals surface area contributed by atoms with E-state index in [1.807, 2.05) is 0 Å². The topological polar surface area (TPSA) is 45.2 Å². The molecular weight excluding hydrogens is 154 g/mol. The van der Waals surface area contributed by atoms with E-state index in [0.29, 0.717) is 5.69 Å². The number of hydrogen-bond donors (Lipinski definition) is 1. The predicted molar refractivity (Wildman–Crippen MR) is 45.4 cm³/mol. The molecule has 0 atom stereocenters. The third-order valence-corrected chi connectivity index (χ3v) is 1.22. The minimum Gasteiger partial charge on any atom is -0.284 e. The molecule has 1 aromatic rings. The van der Waals surface area contributed by atoms with E-state index in [1.165, 1.54) is 0 Å². The Morgan fingerprint density at radius 3 is 2.75 bits per heavy atom. The highest BCUT2D eigenvalue weighted by molar-refractivity contribution is 5.91. The molecule has 1 rings (SSSR count). The predicted octanol–water partition coefficient (Wildman–Crippen LogP) is 0.288. The van der Waals surface area contributed by atoms with Gasteiger partial charge in [0.25, 0.3) is 5.91 Å². The number of pyridine rings is 1. The first kappa shape index (κ1) is 8.67. The first-order valence-corrected chi connectivity index (χ1v) is 3.59. The summed E-state index contributed by atoms with van der Waals surface area (Å²) in [5.74, 6) is -0.194. The van der Waals surface area contributed by atoms with Crippen LogP contribution in [0.2, 0.25) is 0 Å². The zero-order valence-electron chi connectivity index (χ0n) is 7.11. The maximum atomic E-state index is 11.2. The normalized spacial score (nSPS) is 9.92. The number of rotatable bonds is 2. The highest BCUT2D eigenvalue weighted by atomic mass is 16.2. The fourth-order valence-corrected chi connectivity index (χ4v) is 0.757. The Bertz CT molecular complexity index is 258. The molecular formula is C8H11N3O. The Labute approximate surface area is 71.2 Å². The lowest BCUT2D eigenvalue weighted by molar-refractivity contribution is 0.0851. The second-order valence-corrected chi connectivity index (χ2v) is 2.55. The van der Waals surface area contributed by atoms with E-state index in [1.54, 1.807) is 43.5 Å². The van der Waals surface area contributed by atoms with Crippen molar-refractivity contribution in [3.05, 3.63) is 30.1 Å². The zero-order valence-corrected chi connectivity index (χ0v) is 7.11. The highest BCUT2D eigenvalue weighted by Crippen LogP contribution is 1.92. The molecule has 0 radical (unpaired) electrons. The number of hydrazine groups is 1. The molecule has 1 amide bonds. The Balaban J connectivity index is 2.66. The minimum atomic E-state index is -0.194. The first-order chi connectivity index (χ1) is 5.70. The van der Waals surface area contributed by atoms with E-state index in [4.69, 9.17) is 0 Å². The molecule has 1 N–H and O–H groups in total. The van der Waals surface area contributed by atoms with E-state index in [9.17, 15) is 4.79 Å². The van der Waals surface area contributed by atoms with Gasteiger partial charge in [-0.2, -0.15) is 0 Å². The lowest BCUT2D eigenvalue weighted by atomic mass is 10.3. The molecule has 12 heavy (non-hydrogen) atoms. The molecule has 0 aromatic carbocycles. The average Bonchev–Trinajstić information content (AvgIpc) is 2.05. The summed E-state index contributed by atoms with van der Waals surface area (Å²) < 4.78 is 0. The third kappa shape index (κ3) is 2.32. The zero-order chi connectivity index (χ0) is 8.97. The summed E-state index contributed by atoms with van der Waals surface area (Å²) in [5, 5.41) is 1.58. The summed E-state index contributed by atoms with van der Waals surface area (Å²) in [5.41, 5.74) is 3.01. The third-order valence-electron chi connectivity index (χ3n) is 1.22. The second kappa shape index (κ2) is 3.82. The molecule has 0 saturated carbocycles. The van der Waals surface area contributed by atoms with Gasteiger partial charge >= 0.3 is 0 Å². The van der Waals surface area contributed by atoms with Crippen molar-refractivity contribution >= 4 is 5.91 Å². The van der Waals surface area contributed by atoms with Gasteiger partial charge in [0.1, 0.15) is 5.69 Å². The molecule has 0 fully saturated rings. The Morgan fingerprint density at radius 2 is 2.25 bits per heavy atom. The molecule has 0 unspecified atom stereocenters. The van der Waals surface area contributed by atoms with Crippen LogP contribution in [0.1, 0.15) is 10.5 Å². The van der Waals surface area contributed by atoms with Crippen molar-refractivity contribution in [2.45, 2.75) is 0 Å². The van der Waals surface area contributed by atoms with Gasteiger partial charge in [0.15, 0.2) is 0 Å². The number of carbonyl (C=O) groups excluding carboxylic acids is 1. The quantitative estimate of drug-likeness (QED) is 0.640. The van der Waals surface area contributed by atoms with E-state index in [0.717, 1.165) is 0 Å². The molecule has 64 valence electrons. The fourth-order valence-electron chi connectivity index (χ4n) is 0.757. The van der Waals surface area contributed by atoms with E-state index in [2.05, 4.69) is 10.4 Å². The van der Waals surface area contributed by atoms with Gasteiger partial charge in [-0.1, -0.05) is 6.07 Å². The van der Waals surface area contributed by atoms with E-state index >= 15 is 0 Å². The maximum Gasteiger partial charge on any atom is 0.284 e. The van der Waals surface area contributed by atoms with Crippen molar-refractivity contribution < 1.29 is 4.79 Å². The van der Waals surface area contributed by atoms with Crippen molar-refractivity contribution in [2.24, 2.45) is 0 Å². The van der Waals surface area contributed by atoms with Gasteiger partial charge in [-0.25, -0.2) is 5.01 Å². The summed E-state index contributed by atoms with van der Waals surface area (Å²) in [7, 11) is 3.50. The number of carbonyl (C=O) groups is 1. The number of hydrogen-bond acceptors (Lipinski definition) is 3. The molecule has 0 aliphatic carbocycles. The van der Waals surface area contributed by atoms with E-state index < -0.39 is 0 Å². The van der Waals surface area contributed by atoms with Gasteiger partial charge in [0.05, 0.1) is 0 Å². The molecule has 1 heterocycles. The second-order valence-electron chi connectivity index (χ2n) is 2.55. The molecule has 1 aromatic heterocycles. The van der Waals surface area contributed by atoms with Gasteiger partial charge in [0.2, 0.25) is 0 Å². The molecule has 0 saturated heterocycles. The lowest BCUT2D eigenvalue weighted by Gasteiger charge is -2.10. The monoisotopic (exact) mass is 165 g/mol. The Hall–Kier alpha value is -1.42. The summed E-state index contributed by atoms with van der Waals surface area (Å²) in [4.78, 5) is 15.1. The first-order valence-electron chi connectivity index (χ1n) is 3.59. The van der Waals surface area contributed by atoms with Gasteiger partial charge < -0.3 is 0 Å². The summed E-state index contributed by atoms with van der Waals surface area (Å²) in [6.45, 7) is 0. The van der Waals surface area contributed by atoms with E-state index in [-0.39, 0.29) is 5.91 Å². The van der Waals surface area contributed by atoms with Gasteiger partial charge in [0, 0.05) is 20.3 Å². The van der Waals surface area contributed by atoms with Crippen LogP contribution >= 0.6 is 0 Å². The van der Waals surface area contributed by atoms with Crippen LogP contribution in [0.5, 0.6) is 0 Å². The van der Waals surface area contributed by atoms with Crippen LogP contribution in [0.15, 0.2) is 24.4 Å². The molecule has 4 heteroatoms.